The standard InChI is InChI=1S/C17H38N4/c1-6-7-17(15-18-14-16(2)3)21-12-10-20(11-13-21)9-8-19(4)5/h16-18H,6-15H2,1-5H3. The number of hydrogen-bond donors (Lipinski definition) is 1. The van der Waals surface area contributed by atoms with E-state index in [4.69, 9.17) is 0 Å². The number of rotatable bonds is 10. The summed E-state index contributed by atoms with van der Waals surface area (Å²) in [6, 6.07) is 0.727. The predicted octanol–water partition coefficient (Wildman–Crippen LogP) is 1.58. The van der Waals surface area contributed by atoms with E-state index in [1.807, 2.05) is 0 Å². The van der Waals surface area contributed by atoms with Gasteiger partial charge in [0.1, 0.15) is 0 Å². The fourth-order valence-electron chi connectivity index (χ4n) is 2.98. The van der Waals surface area contributed by atoms with E-state index in [0.29, 0.717) is 0 Å². The van der Waals surface area contributed by atoms with Crippen LogP contribution in [0.3, 0.4) is 0 Å². The summed E-state index contributed by atoms with van der Waals surface area (Å²) >= 11 is 0. The Balaban J connectivity index is 2.30. The van der Waals surface area contributed by atoms with Gasteiger partial charge in [-0.2, -0.15) is 0 Å². The highest BCUT2D eigenvalue weighted by Crippen LogP contribution is 2.11. The topological polar surface area (TPSA) is 21.8 Å². The van der Waals surface area contributed by atoms with E-state index >= 15 is 0 Å². The molecule has 0 amide bonds. The van der Waals surface area contributed by atoms with Crippen LogP contribution in [0.2, 0.25) is 0 Å². The van der Waals surface area contributed by atoms with Crippen LogP contribution in [0.25, 0.3) is 0 Å². The molecule has 4 nitrogen and oxygen atoms in total. The first-order chi connectivity index (χ1) is 10.0. The third kappa shape index (κ3) is 8.15. The maximum Gasteiger partial charge on any atom is 0.0221 e. The van der Waals surface area contributed by atoms with Crippen molar-refractivity contribution in [2.75, 3.05) is 66.5 Å². The van der Waals surface area contributed by atoms with Gasteiger partial charge in [0.15, 0.2) is 0 Å². The van der Waals surface area contributed by atoms with Crippen molar-refractivity contribution >= 4 is 0 Å². The van der Waals surface area contributed by atoms with Gasteiger partial charge in [0.05, 0.1) is 0 Å². The largest absolute Gasteiger partial charge is 0.315 e. The Kier molecular flexibility index (Phi) is 9.49. The van der Waals surface area contributed by atoms with Crippen LogP contribution >= 0.6 is 0 Å². The molecule has 126 valence electrons. The van der Waals surface area contributed by atoms with Gasteiger partial charge in [0.2, 0.25) is 0 Å². The van der Waals surface area contributed by atoms with Gasteiger partial charge in [0, 0.05) is 51.9 Å². The van der Waals surface area contributed by atoms with Gasteiger partial charge in [-0.25, -0.2) is 0 Å². The Morgan fingerprint density at radius 1 is 1.05 bits per heavy atom. The first kappa shape index (κ1) is 18.9. The monoisotopic (exact) mass is 298 g/mol. The van der Waals surface area contributed by atoms with Crippen LogP contribution in [0.4, 0.5) is 0 Å². The lowest BCUT2D eigenvalue weighted by Crippen LogP contribution is -2.53. The fourth-order valence-corrected chi connectivity index (χ4v) is 2.98. The fraction of sp³-hybridized carbons (Fsp3) is 1.00. The molecule has 1 aliphatic rings. The molecule has 0 radical (unpaired) electrons. The zero-order valence-electron chi connectivity index (χ0n) is 15.1. The molecule has 1 fully saturated rings. The molecule has 1 atom stereocenters. The molecule has 1 aliphatic heterocycles. The quantitative estimate of drug-likeness (QED) is 0.661. The molecule has 0 bridgehead atoms. The van der Waals surface area contributed by atoms with Gasteiger partial charge in [-0.05, 0) is 33.0 Å². The lowest BCUT2D eigenvalue weighted by atomic mass is 10.1. The number of nitrogens with one attached hydrogen (secondary N) is 1. The Morgan fingerprint density at radius 3 is 2.24 bits per heavy atom. The molecule has 1 rings (SSSR count). The Labute approximate surface area is 132 Å². The molecule has 0 aromatic heterocycles. The lowest BCUT2D eigenvalue weighted by Gasteiger charge is -2.40. The van der Waals surface area contributed by atoms with Crippen LogP contribution in [-0.2, 0) is 0 Å². The van der Waals surface area contributed by atoms with E-state index in [9.17, 15) is 0 Å². The Morgan fingerprint density at radius 2 is 1.71 bits per heavy atom. The van der Waals surface area contributed by atoms with Gasteiger partial charge in [-0.3, -0.25) is 9.80 Å². The SMILES string of the molecule is CCCC(CNCC(C)C)N1CCN(CCN(C)C)CC1. The maximum atomic E-state index is 3.66. The van der Waals surface area contributed by atoms with E-state index in [2.05, 4.69) is 54.9 Å². The number of likely N-dealkylation sites (N-methyl/N-ethyl adjacent to an activating group) is 1. The molecule has 1 N–H and O–H groups in total. The van der Waals surface area contributed by atoms with E-state index in [1.165, 1.54) is 52.1 Å². The van der Waals surface area contributed by atoms with Gasteiger partial charge >= 0.3 is 0 Å². The van der Waals surface area contributed by atoms with E-state index in [0.717, 1.165) is 25.0 Å². The molecule has 0 spiro atoms. The highest BCUT2D eigenvalue weighted by molar-refractivity contribution is 4.80. The van der Waals surface area contributed by atoms with Crippen molar-refractivity contribution in [3.63, 3.8) is 0 Å². The summed E-state index contributed by atoms with van der Waals surface area (Å²) in [5.74, 6) is 0.746. The smallest absolute Gasteiger partial charge is 0.0221 e. The van der Waals surface area contributed by atoms with Gasteiger partial charge < -0.3 is 10.2 Å². The summed E-state index contributed by atoms with van der Waals surface area (Å²) in [6.07, 6.45) is 2.61. The van der Waals surface area contributed by atoms with Gasteiger partial charge in [-0.15, -0.1) is 0 Å². The average molecular weight is 299 g/mol. The minimum Gasteiger partial charge on any atom is -0.315 e. The summed E-state index contributed by atoms with van der Waals surface area (Å²) in [7, 11) is 4.32. The summed E-state index contributed by atoms with van der Waals surface area (Å²) in [5.41, 5.74) is 0. The van der Waals surface area contributed by atoms with Crippen molar-refractivity contribution in [1.82, 2.24) is 20.0 Å². The van der Waals surface area contributed by atoms with Crippen LogP contribution in [0, 0.1) is 5.92 Å². The molecule has 1 heterocycles. The summed E-state index contributed by atoms with van der Waals surface area (Å²) in [6.45, 7) is 16.5. The van der Waals surface area contributed by atoms with Crippen molar-refractivity contribution in [3.8, 4) is 0 Å². The molecule has 0 saturated carbocycles. The van der Waals surface area contributed by atoms with E-state index in [1.54, 1.807) is 0 Å². The molecular formula is C17H38N4. The Bertz CT molecular complexity index is 247. The van der Waals surface area contributed by atoms with Crippen molar-refractivity contribution in [3.05, 3.63) is 0 Å². The molecule has 0 aromatic carbocycles. The van der Waals surface area contributed by atoms with E-state index in [-0.39, 0.29) is 0 Å². The van der Waals surface area contributed by atoms with Gasteiger partial charge in [0.25, 0.3) is 0 Å². The van der Waals surface area contributed by atoms with Crippen molar-refractivity contribution < 1.29 is 0 Å². The minimum atomic E-state index is 0.727. The van der Waals surface area contributed by atoms with Crippen molar-refractivity contribution in [2.24, 2.45) is 5.92 Å². The van der Waals surface area contributed by atoms with Crippen LogP contribution in [-0.4, -0.2) is 87.2 Å². The van der Waals surface area contributed by atoms with Crippen LogP contribution < -0.4 is 5.32 Å². The molecule has 1 saturated heterocycles. The van der Waals surface area contributed by atoms with Crippen LogP contribution in [0.15, 0.2) is 0 Å². The van der Waals surface area contributed by atoms with Crippen molar-refractivity contribution in [1.29, 1.82) is 0 Å². The zero-order chi connectivity index (χ0) is 15.7. The second-order valence-corrected chi connectivity index (χ2v) is 7.18. The average Bonchev–Trinajstić information content (AvgIpc) is 2.44. The highest BCUT2D eigenvalue weighted by Gasteiger charge is 2.22. The number of piperazine rings is 1. The molecule has 0 aromatic rings. The maximum absolute atomic E-state index is 3.66. The first-order valence-electron chi connectivity index (χ1n) is 8.84. The van der Waals surface area contributed by atoms with Crippen LogP contribution in [0.1, 0.15) is 33.6 Å². The minimum absolute atomic E-state index is 0.727. The molecule has 0 aliphatic carbocycles. The molecule has 4 heteroatoms. The molecule has 21 heavy (non-hydrogen) atoms. The zero-order valence-corrected chi connectivity index (χ0v) is 15.1. The highest BCUT2D eigenvalue weighted by atomic mass is 15.3. The predicted molar refractivity (Wildman–Crippen MR) is 93.0 cm³/mol. The van der Waals surface area contributed by atoms with E-state index < -0.39 is 0 Å². The number of nitrogens with zero attached hydrogens (tertiary/aromatic N) is 3. The van der Waals surface area contributed by atoms with Gasteiger partial charge in [-0.1, -0.05) is 27.2 Å². The summed E-state index contributed by atoms with van der Waals surface area (Å²) in [4.78, 5) is 7.60. The van der Waals surface area contributed by atoms with Crippen LogP contribution in [0.5, 0.6) is 0 Å². The second-order valence-electron chi connectivity index (χ2n) is 7.18. The summed E-state index contributed by atoms with van der Waals surface area (Å²) in [5, 5.41) is 3.66. The van der Waals surface area contributed by atoms with Crippen molar-refractivity contribution in [2.45, 2.75) is 39.7 Å². The third-order valence-corrected chi connectivity index (χ3v) is 4.34. The lowest BCUT2D eigenvalue weighted by molar-refractivity contribution is 0.0868. The number of hydrogen-bond acceptors (Lipinski definition) is 4. The third-order valence-electron chi connectivity index (χ3n) is 4.34. The first-order valence-corrected chi connectivity index (χ1v) is 8.84. The Hall–Kier alpha value is -0.160. The molecular weight excluding hydrogens is 260 g/mol. The summed E-state index contributed by atoms with van der Waals surface area (Å²) < 4.78 is 0. The molecule has 1 unspecified atom stereocenters. The normalized spacial score (nSPS) is 19.6. The second kappa shape index (κ2) is 10.5.